The van der Waals surface area contributed by atoms with Crippen molar-refractivity contribution in [2.45, 2.75) is 32.1 Å². The van der Waals surface area contributed by atoms with Crippen LogP contribution in [0, 0.1) is 0 Å². The highest BCUT2D eigenvalue weighted by molar-refractivity contribution is 5.29. The maximum Gasteiger partial charge on any atom is -0.00703 e. The van der Waals surface area contributed by atoms with Crippen LogP contribution in [0.5, 0.6) is 0 Å². The molecule has 58 valence electrons. The summed E-state index contributed by atoms with van der Waals surface area (Å²) in [7, 11) is 0. The highest BCUT2D eigenvalue weighted by atomic mass is 14.1. The van der Waals surface area contributed by atoms with Crippen LogP contribution in [0.25, 0.3) is 0 Å². The van der Waals surface area contributed by atoms with Crippen LogP contribution in [0.4, 0.5) is 0 Å². The van der Waals surface area contributed by atoms with E-state index < -0.39 is 0 Å². The van der Waals surface area contributed by atoms with E-state index in [9.17, 15) is 0 Å². The van der Waals surface area contributed by atoms with Crippen LogP contribution < -0.4 is 0 Å². The molecule has 0 N–H and O–H groups in total. The second-order valence-electron chi connectivity index (χ2n) is 3.34. The first-order valence-corrected chi connectivity index (χ1v) is 4.48. The van der Waals surface area contributed by atoms with Crippen molar-refractivity contribution < 1.29 is 0 Å². The molecule has 2 aliphatic carbocycles. The Labute approximate surface area is 68.3 Å². The Balaban J connectivity index is 2.27. The predicted octanol–water partition coefficient (Wildman–Crippen LogP) is 3.37. The third-order valence-corrected chi connectivity index (χ3v) is 2.40. The van der Waals surface area contributed by atoms with Crippen LogP contribution in [0.1, 0.15) is 32.1 Å². The van der Waals surface area contributed by atoms with Crippen LogP contribution in [0.15, 0.2) is 35.5 Å². The lowest BCUT2D eigenvalue weighted by atomic mass is 10.1. The van der Waals surface area contributed by atoms with Gasteiger partial charge in [0.05, 0.1) is 0 Å². The number of hydrogen-bond acceptors (Lipinski definition) is 0. The van der Waals surface area contributed by atoms with Crippen LogP contribution in [0.2, 0.25) is 0 Å². The van der Waals surface area contributed by atoms with Crippen molar-refractivity contribution in [3.63, 3.8) is 0 Å². The van der Waals surface area contributed by atoms with E-state index in [1.54, 1.807) is 5.57 Å². The van der Waals surface area contributed by atoms with Crippen molar-refractivity contribution in [3.05, 3.63) is 35.5 Å². The van der Waals surface area contributed by atoms with Gasteiger partial charge in [0.2, 0.25) is 0 Å². The third kappa shape index (κ3) is 1.62. The molecule has 0 heterocycles. The summed E-state index contributed by atoms with van der Waals surface area (Å²) in [5.74, 6) is 0. The van der Waals surface area contributed by atoms with Gasteiger partial charge in [-0.3, -0.25) is 0 Å². The second kappa shape index (κ2) is 3.08. The van der Waals surface area contributed by atoms with Gasteiger partial charge in [0, 0.05) is 0 Å². The van der Waals surface area contributed by atoms with Crippen molar-refractivity contribution in [1.29, 1.82) is 0 Å². The van der Waals surface area contributed by atoms with Gasteiger partial charge in [-0.2, -0.15) is 0 Å². The van der Waals surface area contributed by atoms with Crippen molar-refractivity contribution in [2.75, 3.05) is 0 Å². The second-order valence-corrected chi connectivity index (χ2v) is 3.34. The summed E-state index contributed by atoms with van der Waals surface area (Å²) >= 11 is 0. The van der Waals surface area contributed by atoms with Gasteiger partial charge in [0.15, 0.2) is 0 Å². The Bertz CT molecular complexity index is 228. The number of hydrogen-bond donors (Lipinski definition) is 0. The number of allylic oxidation sites excluding steroid dienone is 6. The number of rotatable bonds is 0. The van der Waals surface area contributed by atoms with E-state index in [-0.39, 0.29) is 0 Å². The van der Waals surface area contributed by atoms with Gasteiger partial charge in [-0.25, -0.2) is 0 Å². The highest BCUT2D eigenvalue weighted by Crippen LogP contribution is 2.25. The molecular formula is C11H14. The van der Waals surface area contributed by atoms with Crippen LogP contribution in [0.3, 0.4) is 0 Å². The molecule has 0 heteroatoms. The number of fused-ring (bicyclic) bond motifs is 2. The minimum absolute atomic E-state index is 1.22. The average molecular weight is 146 g/mol. The largest absolute Gasteiger partial charge is 0.0847 e. The van der Waals surface area contributed by atoms with Crippen molar-refractivity contribution in [1.82, 2.24) is 0 Å². The molecule has 0 aromatic rings. The summed E-state index contributed by atoms with van der Waals surface area (Å²) in [4.78, 5) is 0. The first kappa shape index (κ1) is 6.90. The Kier molecular flexibility index (Phi) is 1.93. The van der Waals surface area contributed by atoms with Crippen LogP contribution in [-0.2, 0) is 0 Å². The fourth-order valence-corrected chi connectivity index (χ4v) is 1.78. The maximum absolute atomic E-state index is 2.43. The standard InChI is InChI=1S/C11H14/c1-2-6-11-8-4-3-7-10(5-1)9-11/h1,5,7-8H,2-4,6,9H2. The molecule has 0 aromatic carbocycles. The molecular weight excluding hydrogens is 132 g/mol. The Morgan fingerprint density at radius 2 is 1.91 bits per heavy atom. The molecule has 2 bridgehead atoms. The van der Waals surface area contributed by atoms with E-state index in [0.29, 0.717) is 0 Å². The Hall–Kier alpha value is -0.780. The van der Waals surface area contributed by atoms with Gasteiger partial charge in [0.25, 0.3) is 0 Å². The predicted molar refractivity (Wildman–Crippen MR) is 48.4 cm³/mol. The molecule has 0 unspecified atom stereocenters. The molecule has 0 amide bonds. The van der Waals surface area contributed by atoms with Crippen molar-refractivity contribution in [3.8, 4) is 0 Å². The summed E-state index contributed by atoms with van der Waals surface area (Å²) in [6, 6.07) is 0. The zero-order valence-corrected chi connectivity index (χ0v) is 6.84. The first-order chi connectivity index (χ1) is 5.45. The molecule has 0 aliphatic heterocycles. The van der Waals surface area contributed by atoms with Crippen molar-refractivity contribution in [2.24, 2.45) is 0 Å². The summed E-state index contributed by atoms with van der Waals surface area (Å²) < 4.78 is 0. The van der Waals surface area contributed by atoms with Gasteiger partial charge in [0.1, 0.15) is 0 Å². The molecule has 0 radical (unpaired) electrons. The van der Waals surface area contributed by atoms with E-state index >= 15 is 0 Å². The van der Waals surface area contributed by atoms with Gasteiger partial charge in [-0.1, -0.05) is 29.9 Å². The van der Waals surface area contributed by atoms with E-state index in [1.165, 1.54) is 37.7 Å². The Morgan fingerprint density at radius 3 is 2.91 bits per heavy atom. The molecule has 0 spiro atoms. The van der Waals surface area contributed by atoms with Crippen molar-refractivity contribution >= 4 is 0 Å². The van der Waals surface area contributed by atoms with Gasteiger partial charge >= 0.3 is 0 Å². The molecule has 11 heavy (non-hydrogen) atoms. The van der Waals surface area contributed by atoms with E-state index in [1.807, 2.05) is 0 Å². The molecule has 0 nitrogen and oxygen atoms in total. The SMILES string of the molecule is C1=CC2=CCCC=C(CC1)C2. The summed E-state index contributed by atoms with van der Waals surface area (Å²) in [5.41, 5.74) is 3.19. The summed E-state index contributed by atoms with van der Waals surface area (Å²) in [6.45, 7) is 0. The minimum atomic E-state index is 1.22. The monoisotopic (exact) mass is 146 g/mol. The van der Waals surface area contributed by atoms with Gasteiger partial charge in [-0.15, -0.1) is 0 Å². The normalized spacial score (nSPS) is 23.3. The molecule has 0 atom stereocenters. The molecule has 2 aliphatic rings. The van der Waals surface area contributed by atoms with E-state index in [2.05, 4.69) is 24.3 Å². The summed E-state index contributed by atoms with van der Waals surface area (Å²) in [5, 5.41) is 0. The molecule has 2 rings (SSSR count). The van der Waals surface area contributed by atoms with Gasteiger partial charge < -0.3 is 0 Å². The third-order valence-electron chi connectivity index (χ3n) is 2.40. The molecule has 0 saturated heterocycles. The Morgan fingerprint density at radius 1 is 1.00 bits per heavy atom. The molecule has 0 aromatic heterocycles. The van der Waals surface area contributed by atoms with Crippen LogP contribution in [-0.4, -0.2) is 0 Å². The smallest absolute Gasteiger partial charge is 0.00703 e. The summed E-state index contributed by atoms with van der Waals surface area (Å²) in [6.07, 6.45) is 15.6. The molecule has 0 saturated carbocycles. The van der Waals surface area contributed by atoms with E-state index in [0.717, 1.165) is 0 Å². The molecule has 0 fully saturated rings. The zero-order valence-electron chi connectivity index (χ0n) is 6.84. The fraction of sp³-hybridized carbons (Fsp3) is 0.455. The zero-order chi connectivity index (χ0) is 7.52. The fourth-order valence-electron chi connectivity index (χ4n) is 1.78. The lowest BCUT2D eigenvalue weighted by Gasteiger charge is -2.00. The lowest BCUT2D eigenvalue weighted by molar-refractivity contribution is 0.936. The van der Waals surface area contributed by atoms with Crippen LogP contribution >= 0.6 is 0 Å². The van der Waals surface area contributed by atoms with Gasteiger partial charge in [-0.05, 0) is 37.7 Å². The lowest BCUT2D eigenvalue weighted by Crippen LogP contribution is -1.80. The quantitative estimate of drug-likeness (QED) is 0.460. The maximum atomic E-state index is 2.43. The van der Waals surface area contributed by atoms with E-state index in [4.69, 9.17) is 0 Å². The first-order valence-electron chi connectivity index (χ1n) is 4.48. The topological polar surface area (TPSA) is 0 Å². The minimum Gasteiger partial charge on any atom is -0.0847 e. The average Bonchev–Trinajstić information content (AvgIpc) is 2.36. The highest BCUT2D eigenvalue weighted by Gasteiger charge is 2.05.